The van der Waals surface area contributed by atoms with Crippen LogP contribution in [0.3, 0.4) is 0 Å². The van der Waals surface area contributed by atoms with Crippen LogP contribution in [0.25, 0.3) is 0 Å². The van der Waals surface area contributed by atoms with Crippen molar-refractivity contribution < 1.29 is 66.7 Å². The van der Waals surface area contributed by atoms with Gasteiger partial charge in [0.15, 0.2) is 0 Å². The second-order valence-corrected chi connectivity index (χ2v) is 14.6. The van der Waals surface area contributed by atoms with E-state index in [1.54, 1.807) is 38.1 Å². The first-order chi connectivity index (χ1) is 29.9. The molecular formula is C41H67N7O14. The molecule has 1 aliphatic carbocycles. The third kappa shape index (κ3) is 27.8. The Morgan fingerprint density at radius 2 is 1.24 bits per heavy atom. The fourth-order valence-electron chi connectivity index (χ4n) is 5.66. The van der Waals surface area contributed by atoms with Crippen LogP contribution in [0.4, 0.5) is 10.5 Å². The minimum Gasteiger partial charge on any atom is -0.445 e. The summed E-state index contributed by atoms with van der Waals surface area (Å²) in [5.74, 6) is -3.04. The van der Waals surface area contributed by atoms with E-state index in [0.29, 0.717) is 57.4 Å². The Hall–Kier alpha value is -4.93. The zero-order chi connectivity index (χ0) is 45.2. The minimum absolute atomic E-state index is 0.0253. The van der Waals surface area contributed by atoms with Crippen LogP contribution in [0.2, 0.25) is 0 Å². The van der Waals surface area contributed by atoms with Crippen molar-refractivity contribution in [1.82, 2.24) is 26.6 Å². The Bertz CT molecular complexity index is 1480. The zero-order valence-electron chi connectivity index (χ0n) is 36.1. The number of nitrogens with two attached hydrogens (primary N) is 1. The summed E-state index contributed by atoms with van der Waals surface area (Å²) in [7, 11) is 0. The molecule has 350 valence electrons. The summed E-state index contributed by atoms with van der Waals surface area (Å²) in [6, 6.07) is 5.52. The van der Waals surface area contributed by atoms with Crippen LogP contribution in [-0.2, 0) is 68.5 Å². The first-order valence-corrected chi connectivity index (χ1v) is 21.1. The van der Waals surface area contributed by atoms with Gasteiger partial charge < -0.3 is 70.8 Å². The van der Waals surface area contributed by atoms with Crippen molar-refractivity contribution in [3.63, 3.8) is 0 Å². The Morgan fingerprint density at radius 1 is 0.645 bits per heavy atom. The quantitative estimate of drug-likeness (QED) is 0.0381. The minimum atomic E-state index is -0.872. The lowest BCUT2D eigenvalue weighted by molar-refractivity contribution is -0.131. The lowest BCUT2D eigenvalue weighted by Crippen LogP contribution is -2.51. The van der Waals surface area contributed by atoms with Gasteiger partial charge in [0.2, 0.25) is 35.4 Å². The molecule has 1 atom stereocenters. The van der Waals surface area contributed by atoms with Crippen LogP contribution in [-0.4, -0.2) is 146 Å². The average molecular weight is 882 g/mol. The van der Waals surface area contributed by atoms with Crippen molar-refractivity contribution in [2.45, 2.75) is 84.0 Å². The van der Waals surface area contributed by atoms with Gasteiger partial charge >= 0.3 is 6.09 Å². The number of carbonyl (C=O) groups is 7. The molecule has 0 bridgehead atoms. The van der Waals surface area contributed by atoms with Gasteiger partial charge in [-0.25, -0.2) is 4.79 Å². The molecule has 1 saturated carbocycles. The number of rotatable bonds is 32. The van der Waals surface area contributed by atoms with Crippen LogP contribution in [0.15, 0.2) is 24.3 Å². The molecule has 0 aromatic heterocycles. The summed E-state index contributed by atoms with van der Waals surface area (Å²) in [6.45, 7) is 5.21. The van der Waals surface area contributed by atoms with Crippen LogP contribution < -0.4 is 37.6 Å². The molecule has 21 nitrogen and oxygen atoms in total. The highest BCUT2D eigenvalue weighted by Crippen LogP contribution is 2.19. The van der Waals surface area contributed by atoms with E-state index in [0.717, 1.165) is 25.7 Å². The maximum absolute atomic E-state index is 12.8. The van der Waals surface area contributed by atoms with Crippen molar-refractivity contribution in [1.29, 1.82) is 0 Å². The topological polar surface area (TPSA) is 282 Å². The number of carbonyl (C=O) groups excluding carboxylic acids is 7. The number of hydrogen-bond donors (Lipinski definition) is 7. The van der Waals surface area contributed by atoms with E-state index in [4.69, 9.17) is 38.9 Å². The first-order valence-electron chi connectivity index (χ1n) is 21.1. The first kappa shape index (κ1) is 53.2. The SMILES string of the molecule is CC(C)C(NC(=O)CCOCCOCCOCCOCCNC(=O)COC1CCCCCCC1)C(=O)NCC(=O)Nc1ccc(COC(=O)NCC(=O)NCOCC(N)=O)cc1. The number of nitrogens with one attached hydrogen (secondary N) is 6. The highest BCUT2D eigenvalue weighted by Gasteiger charge is 2.24. The third-order valence-corrected chi connectivity index (χ3v) is 8.97. The predicted octanol–water partition coefficient (Wildman–Crippen LogP) is 0.386. The molecule has 0 radical (unpaired) electrons. The zero-order valence-corrected chi connectivity index (χ0v) is 36.1. The highest BCUT2D eigenvalue weighted by atomic mass is 16.6. The molecule has 8 N–H and O–H groups in total. The summed E-state index contributed by atoms with van der Waals surface area (Å²) < 4.78 is 37.6. The normalized spacial score (nSPS) is 13.5. The number of alkyl carbamates (subject to hydrolysis) is 1. The molecule has 1 aromatic carbocycles. The molecule has 0 spiro atoms. The van der Waals surface area contributed by atoms with Gasteiger partial charge in [-0.2, -0.15) is 0 Å². The largest absolute Gasteiger partial charge is 0.445 e. The fourth-order valence-corrected chi connectivity index (χ4v) is 5.66. The number of hydrogen-bond acceptors (Lipinski definition) is 14. The van der Waals surface area contributed by atoms with Crippen molar-refractivity contribution in [2.75, 3.05) is 97.8 Å². The van der Waals surface area contributed by atoms with Crippen LogP contribution in [0.1, 0.15) is 70.8 Å². The molecule has 0 saturated heterocycles. The Kier molecular flexibility index (Phi) is 28.9. The summed E-state index contributed by atoms with van der Waals surface area (Å²) in [5, 5.41) is 15.3. The number of primary amides is 1. The fraction of sp³-hybridized carbons (Fsp3) is 0.683. The van der Waals surface area contributed by atoms with Crippen molar-refractivity contribution in [3.8, 4) is 0 Å². The second-order valence-electron chi connectivity index (χ2n) is 14.6. The smallest absolute Gasteiger partial charge is 0.407 e. The Balaban J connectivity index is 1.45. The molecule has 2 rings (SSSR count). The molecule has 0 heterocycles. The molecule has 0 aliphatic heterocycles. The molecule has 1 fully saturated rings. The van der Waals surface area contributed by atoms with Gasteiger partial charge in [-0.05, 0) is 36.5 Å². The predicted molar refractivity (Wildman–Crippen MR) is 224 cm³/mol. The highest BCUT2D eigenvalue weighted by molar-refractivity contribution is 5.96. The monoisotopic (exact) mass is 881 g/mol. The van der Waals surface area contributed by atoms with Crippen LogP contribution in [0.5, 0.6) is 0 Å². The van der Waals surface area contributed by atoms with Crippen molar-refractivity contribution >= 4 is 47.2 Å². The van der Waals surface area contributed by atoms with Gasteiger partial charge in [0.25, 0.3) is 0 Å². The molecule has 1 aliphatic rings. The lowest BCUT2D eigenvalue weighted by Gasteiger charge is -2.21. The van der Waals surface area contributed by atoms with E-state index in [1.165, 1.54) is 19.3 Å². The van der Waals surface area contributed by atoms with Gasteiger partial charge in [-0.1, -0.05) is 58.1 Å². The summed E-state index contributed by atoms with van der Waals surface area (Å²) in [6.07, 6.45) is 7.51. The third-order valence-electron chi connectivity index (χ3n) is 8.97. The number of benzene rings is 1. The summed E-state index contributed by atoms with van der Waals surface area (Å²) >= 11 is 0. The van der Waals surface area contributed by atoms with Crippen LogP contribution in [0, 0.1) is 5.92 Å². The van der Waals surface area contributed by atoms with E-state index >= 15 is 0 Å². The maximum atomic E-state index is 12.8. The van der Waals surface area contributed by atoms with Crippen molar-refractivity contribution in [3.05, 3.63) is 29.8 Å². The van der Waals surface area contributed by atoms with Gasteiger partial charge in [-0.3, -0.25) is 28.8 Å². The standard InChI is InChI=1S/C41H67N7O14/c1-30(2)39(40(54)44-25-37(52)47-32-12-10-31(11-13-32)26-62-41(55)45-24-36(51)46-29-60-27-34(42)49)48-35(50)14-16-56-18-20-58-22-23-59-21-19-57-17-15-43-38(53)28-61-33-8-6-4-3-5-7-9-33/h10-13,30,33,39H,3-9,14-29H2,1-2H3,(H2,42,49)(H,43,53)(H,44,54)(H,45,55)(H,46,51)(H,47,52)(H,48,50). The number of anilines is 1. The van der Waals surface area contributed by atoms with Gasteiger partial charge in [-0.15, -0.1) is 0 Å². The van der Waals surface area contributed by atoms with E-state index in [1.807, 2.05) is 0 Å². The molecular weight excluding hydrogens is 814 g/mol. The molecule has 1 unspecified atom stereocenters. The van der Waals surface area contributed by atoms with E-state index < -0.39 is 35.8 Å². The maximum Gasteiger partial charge on any atom is 0.407 e. The summed E-state index contributed by atoms with van der Waals surface area (Å²) in [5.41, 5.74) is 5.94. The average Bonchev–Trinajstić information content (AvgIpc) is 3.23. The summed E-state index contributed by atoms with van der Waals surface area (Å²) in [4.78, 5) is 84.0. The van der Waals surface area contributed by atoms with Crippen LogP contribution >= 0.6 is 0 Å². The van der Waals surface area contributed by atoms with Gasteiger partial charge in [0.1, 0.15) is 39.1 Å². The van der Waals surface area contributed by atoms with Crippen molar-refractivity contribution in [2.24, 2.45) is 11.7 Å². The lowest BCUT2D eigenvalue weighted by atomic mass is 9.99. The molecule has 1 aromatic rings. The second kappa shape index (κ2) is 33.7. The van der Waals surface area contributed by atoms with Gasteiger partial charge in [0, 0.05) is 18.7 Å². The van der Waals surface area contributed by atoms with E-state index in [2.05, 4.69) is 31.9 Å². The molecule has 21 heteroatoms. The van der Waals surface area contributed by atoms with E-state index in [-0.39, 0.29) is 83.1 Å². The van der Waals surface area contributed by atoms with E-state index in [9.17, 15) is 33.6 Å². The Morgan fingerprint density at radius 3 is 1.87 bits per heavy atom. The molecule has 7 amide bonds. The Labute approximate surface area is 363 Å². The van der Waals surface area contributed by atoms with Gasteiger partial charge in [0.05, 0.1) is 65.5 Å². The number of ether oxygens (including phenoxy) is 7. The number of amides is 7. The molecule has 62 heavy (non-hydrogen) atoms.